The zero-order chi connectivity index (χ0) is 34.1. The zero-order valence-electron chi connectivity index (χ0n) is 29.5. The average Bonchev–Trinajstić information content (AvgIpc) is 3.56. The number of ether oxygens (including phenoxy) is 2. The van der Waals surface area contributed by atoms with Gasteiger partial charge in [-0.2, -0.15) is 0 Å². The fraction of sp³-hybridized carbons (Fsp3) is 0.917. The van der Waals surface area contributed by atoms with Crippen molar-refractivity contribution < 1.29 is 34.1 Å². The van der Waals surface area contributed by atoms with Gasteiger partial charge in [0.25, 0.3) is 0 Å². The molecule has 0 unspecified atom stereocenters. The van der Waals surface area contributed by atoms with Crippen LogP contribution in [0.3, 0.4) is 0 Å². The van der Waals surface area contributed by atoms with Crippen molar-refractivity contribution in [1.29, 1.82) is 0 Å². The molecule has 11 atom stereocenters. The summed E-state index contributed by atoms with van der Waals surface area (Å²) in [7, 11) is 0. The van der Waals surface area contributed by atoms with Gasteiger partial charge in [0.1, 0.15) is 12.6 Å². The number of nitrogens with two attached hydrogens (primary N) is 1. The van der Waals surface area contributed by atoms with Crippen LogP contribution in [0.4, 0.5) is 0 Å². The summed E-state index contributed by atoms with van der Waals surface area (Å²) in [5.41, 5.74) is 3.77. The maximum absolute atomic E-state index is 12.9. The summed E-state index contributed by atoms with van der Waals surface area (Å²) in [6, 6.07) is 0. The van der Waals surface area contributed by atoms with E-state index < -0.39 is 29.5 Å². The van der Waals surface area contributed by atoms with Crippen molar-refractivity contribution >= 4 is 17.8 Å². The second-order valence-electron chi connectivity index (χ2n) is 17.7. The van der Waals surface area contributed by atoms with Crippen LogP contribution in [0.1, 0.15) is 113 Å². The maximum atomic E-state index is 12.9. The number of carbonyl (C=O) groups excluding carboxylic acids is 3. The van der Waals surface area contributed by atoms with Crippen LogP contribution in [0.5, 0.6) is 0 Å². The van der Waals surface area contributed by atoms with Crippen LogP contribution in [0.2, 0.25) is 0 Å². The molecule has 0 bridgehead atoms. The van der Waals surface area contributed by atoms with Crippen LogP contribution < -0.4 is 16.4 Å². The molecule has 5 aliphatic rings. The van der Waals surface area contributed by atoms with Crippen LogP contribution in [0.25, 0.3) is 0 Å². The molecule has 46 heavy (non-hydrogen) atoms. The normalized spacial score (nSPS) is 44.8. The summed E-state index contributed by atoms with van der Waals surface area (Å²) in [5.74, 6) is -0.310. The van der Waals surface area contributed by atoms with Gasteiger partial charge < -0.3 is 36.1 Å². The van der Waals surface area contributed by atoms with Gasteiger partial charge in [-0.25, -0.2) is 0 Å². The first-order chi connectivity index (χ1) is 21.2. The molecule has 4 saturated carbocycles. The van der Waals surface area contributed by atoms with Crippen LogP contribution in [-0.2, 0) is 23.9 Å². The summed E-state index contributed by atoms with van der Waals surface area (Å²) >= 11 is 0. The van der Waals surface area contributed by atoms with E-state index in [1.165, 1.54) is 0 Å². The van der Waals surface area contributed by atoms with E-state index in [0.717, 1.165) is 57.8 Å². The Balaban J connectivity index is 1.29. The van der Waals surface area contributed by atoms with Gasteiger partial charge >= 0.3 is 5.97 Å². The van der Waals surface area contributed by atoms with Crippen molar-refractivity contribution in [1.82, 2.24) is 10.6 Å². The van der Waals surface area contributed by atoms with Crippen LogP contribution in [0.15, 0.2) is 0 Å². The van der Waals surface area contributed by atoms with Crippen LogP contribution >= 0.6 is 0 Å². The van der Waals surface area contributed by atoms with Gasteiger partial charge in [0.05, 0.1) is 36.5 Å². The molecule has 1 aliphatic heterocycles. The van der Waals surface area contributed by atoms with E-state index in [0.29, 0.717) is 11.8 Å². The molecule has 5 fully saturated rings. The first-order valence-electron chi connectivity index (χ1n) is 17.7. The molecule has 1 heterocycles. The lowest BCUT2D eigenvalue weighted by Crippen LogP contribution is -2.66. The Morgan fingerprint density at radius 1 is 0.870 bits per heavy atom. The second-order valence-corrected chi connectivity index (χ2v) is 17.7. The van der Waals surface area contributed by atoms with Crippen LogP contribution in [0, 0.1) is 45.3 Å². The molecule has 2 amide bonds. The van der Waals surface area contributed by atoms with E-state index in [-0.39, 0.29) is 70.9 Å². The maximum Gasteiger partial charge on any atom is 0.325 e. The van der Waals surface area contributed by atoms with Crippen molar-refractivity contribution in [2.45, 2.75) is 143 Å². The highest BCUT2D eigenvalue weighted by atomic mass is 16.5. The molecular weight excluding hydrogens is 586 g/mol. The molecule has 262 valence electrons. The average molecular weight is 648 g/mol. The molecular formula is C36H61N3O7. The molecule has 1 saturated heterocycles. The first-order valence-corrected chi connectivity index (χ1v) is 17.7. The number of esters is 1. The third-order valence-electron chi connectivity index (χ3n) is 14.5. The smallest absolute Gasteiger partial charge is 0.325 e. The molecule has 0 aromatic carbocycles. The number of hydrogen-bond acceptors (Lipinski definition) is 8. The quantitative estimate of drug-likeness (QED) is 0.251. The fourth-order valence-corrected chi connectivity index (χ4v) is 11.9. The third-order valence-corrected chi connectivity index (χ3v) is 14.5. The number of aliphatic hydroxyl groups is 2. The number of nitrogens with one attached hydrogen (secondary N) is 2. The summed E-state index contributed by atoms with van der Waals surface area (Å²) in [6.07, 6.45) is 7.54. The van der Waals surface area contributed by atoms with E-state index in [2.05, 4.69) is 52.2 Å². The van der Waals surface area contributed by atoms with Crippen molar-refractivity contribution in [3.05, 3.63) is 0 Å². The van der Waals surface area contributed by atoms with E-state index >= 15 is 0 Å². The lowest BCUT2D eigenvalue weighted by Gasteiger charge is -2.70. The van der Waals surface area contributed by atoms with Crippen molar-refractivity contribution in [2.24, 2.45) is 51.1 Å². The van der Waals surface area contributed by atoms with Gasteiger partial charge in [-0.05, 0) is 118 Å². The molecule has 10 nitrogen and oxygen atoms in total. The Hall–Kier alpha value is -1.75. The highest BCUT2D eigenvalue weighted by Crippen LogP contribution is 2.76. The van der Waals surface area contributed by atoms with E-state index in [4.69, 9.17) is 15.2 Å². The lowest BCUT2D eigenvalue weighted by atomic mass is 9.35. The van der Waals surface area contributed by atoms with Crippen LogP contribution in [-0.4, -0.2) is 77.1 Å². The Kier molecular flexibility index (Phi) is 9.27. The number of fused-ring (bicyclic) bond motifs is 5. The van der Waals surface area contributed by atoms with Gasteiger partial charge in [-0.15, -0.1) is 0 Å². The number of rotatable bonds is 8. The second kappa shape index (κ2) is 12.0. The molecule has 6 N–H and O–H groups in total. The molecule has 0 aromatic heterocycles. The Morgan fingerprint density at radius 2 is 1.52 bits per heavy atom. The van der Waals surface area contributed by atoms with Crippen molar-refractivity contribution in [3.8, 4) is 0 Å². The SMILES string of the molecule is CC(C)(O)[C@@H]1CC[C@@](C)([C@H]2CC[C@]3(C)[C@@H]2[C@H](O)C[C@@H]2[C@@]4(C)CC[C@H](OC(=O)CNC(=O)CNC(=O)CN)C(C)(C)[C@@H]4CC[C@]23C)O1. The Labute approximate surface area is 275 Å². The monoisotopic (exact) mass is 647 g/mol. The first kappa shape index (κ1) is 35.6. The number of hydrogen-bond donors (Lipinski definition) is 5. The van der Waals surface area contributed by atoms with E-state index in [1.807, 2.05) is 13.8 Å². The summed E-state index contributed by atoms with van der Waals surface area (Å²) in [4.78, 5) is 36.2. The molecule has 0 radical (unpaired) electrons. The van der Waals surface area contributed by atoms with Gasteiger partial charge in [0, 0.05) is 5.41 Å². The topological polar surface area (TPSA) is 160 Å². The molecule has 4 aliphatic carbocycles. The largest absolute Gasteiger partial charge is 0.460 e. The molecule has 5 rings (SSSR count). The van der Waals surface area contributed by atoms with Gasteiger partial charge in [-0.3, -0.25) is 14.4 Å². The molecule has 0 spiro atoms. The predicted octanol–water partition coefficient (Wildman–Crippen LogP) is 3.45. The number of amides is 2. The third kappa shape index (κ3) is 5.71. The predicted molar refractivity (Wildman–Crippen MR) is 174 cm³/mol. The minimum atomic E-state index is -0.883. The van der Waals surface area contributed by atoms with Crippen molar-refractivity contribution in [2.75, 3.05) is 19.6 Å². The molecule has 10 heteroatoms. The zero-order valence-corrected chi connectivity index (χ0v) is 29.5. The highest BCUT2D eigenvalue weighted by Gasteiger charge is 2.72. The van der Waals surface area contributed by atoms with Gasteiger partial charge in [-0.1, -0.05) is 34.6 Å². The van der Waals surface area contributed by atoms with Gasteiger partial charge in [0.2, 0.25) is 11.8 Å². The highest BCUT2D eigenvalue weighted by molar-refractivity contribution is 5.87. The number of carbonyl (C=O) groups is 3. The number of aliphatic hydroxyl groups excluding tert-OH is 1. The van der Waals surface area contributed by atoms with E-state index in [1.54, 1.807) is 0 Å². The summed E-state index contributed by atoms with van der Waals surface area (Å²) < 4.78 is 12.7. The van der Waals surface area contributed by atoms with Crippen molar-refractivity contribution in [3.63, 3.8) is 0 Å². The Morgan fingerprint density at radius 3 is 2.15 bits per heavy atom. The minimum absolute atomic E-state index is 0.0123. The summed E-state index contributed by atoms with van der Waals surface area (Å²) in [5, 5.41) is 27.8. The standard InChI is InChI=1S/C36H61N3O7/c1-31(2)23-10-15-34(6)24(33(23,5)13-11-25(31)45-29(43)20-39-28(42)19-38-27(41)18-37)17-22(40)30-21(9-14-35(30,34)7)36(8)16-12-26(46-36)32(3,4)44/h21-26,30,40,44H,9-20,37H2,1-8H3,(H,38,41)(H,39,42)/t21-,22+,23-,24+,25-,26-,30-,33-,34+,35+,36-/m0/s1. The summed E-state index contributed by atoms with van der Waals surface area (Å²) in [6.45, 7) is 17.1. The van der Waals surface area contributed by atoms with E-state index in [9.17, 15) is 24.6 Å². The lowest BCUT2D eigenvalue weighted by molar-refractivity contribution is -0.251. The fourth-order valence-electron chi connectivity index (χ4n) is 11.9. The van der Waals surface area contributed by atoms with Gasteiger partial charge in [0.15, 0.2) is 0 Å². The Bertz CT molecular complexity index is 1200. The minimum Gasteiger partial charge on any atom is -0.460 e. The molecule has 0 aromatic rings.